The van der Waals surface area contributed by atoms with Crippen LogP contribution in [0.15, 0.2) is 60.0 Å². The first-order valence-corrected chi connectivity index (χ1v) is 6.45. The zero-order chi connectivity index (χ0) is 15.1. The predicted octanol–water partition coefficient (Wildman–Crippen LogP) is 1.86. The molecule has 0 aliphatic heterocycles. The Kier molecular flexibility index (Phi) is 4.87. The van der Waals surface area contributed by atoms with Gasteiger partial charge in [0.15, 0.2) is 0 Å². The molecule has 0 saturated heterocycles. The van der Waals surface area contributed by atoms with Crippen LogP contribution < -0.4 is 10.6 Å². The molecule has 0 spiro atoms. The molecule has 3 N–H and O–H groups in total. The lowest BCUT2D eigenvalue weighted by Crippen LogP contribution is -2.34. The largest absolute Gasteiger partial charge is 0.409 e. The van der Waals surface area contributed by atoms with Gasteiger partial charge < -0.3 is 15.8 Å². The van der Waals surface area contributed by atoms with E-state index in [0.29, 0.717) is 12.1 Å². The Morgan fingerprint density at radius 2 is 2.00 bits per heavy atom. The maximum absolute atomic E-state index is 12.6. The fourth-order valence-electron chi connectivity index (χ4n) is 1.88. The smallest absolute Gasteiger partial charge is 0.259 e. The molecule has 2 rings (SSSR count). The number of anilines is 1. The lowest BCUT2D eigenvalue weighted by atomic mass is 10.2. The Hall–Kier alpha value is -2.89. The first kappa shape index (κ1) is 14.5. The van der Waals surface area contributed by atoms with E-state index in [1.54, 1.807) is 23.2 Å². The van der Waals surface area contributed by atoms with Crippen molar-refractivity contribution in [2.75, 3.05) is 11.4 Å². The van der Waals surface area contributed by atoms with Crippen molar-refractivity contribution in [3.8, 4) is 0 Å². The monoisotopic (exact) mass is 284 g/mol. The summed E-state index contributed by atoms with van der Waals surface area (Å²) in [7, 11) is 0. The number of rotatable bonds is 5. The lowest BCUT2D eigenvalue weighted by molar-refractivity contribution is 0.0987. The lowest BCUT2D eigenvalue weighted by Gasteiger charge is -2.22. The molecule has 1 aromatic carbocycles. The summed E-state index contributed by atoms with van der Waals surface area (Å²) in [6, 6.07) is 12.7. The van der Waals surface area contributed by atoms with Crippen molar-refractivity contribution in [3.63, 3.8) is 0 Å². The fourth-order valence-corrected chi connectivity index (χ4v) is 1.88. The molecule has 1 heterocycles. The minimum atomic E-state index is -0.181. The highest BCUT2D eigenvalue weighted by Gasteiger charge is 2.17. The third-order valence-electron chi connectivity index (χ3n) is 2.94. The summed E-state index contributed by atoms with van der Waals surface area (Å²) in [5, 5.41) is 11.6. The highest BCUT2D eigenvalue weighted by Crippen LogP contribution is 2.17. The van der Waals surface area contributed by atoms with E-state index < -0.39 is 0 Å². The third-order valence-corrected chi connectivity index (χ3v) is 2.94. The molecule has 1 aromatic heterocycles. The molecule has 21 heavy (non-hydrogen) atoms. The first-order valence-electron chi connectivity index (χ1n) is 6.45. The van der Waals surface area contributed by atoms with Gasteiger partial charge in [-0.1, -0.05) is 23.4 Å². The number of benzene rings is 1. The van der Waals surface area contributed by atoms with Crippen LogP contribution in [0.4, 0.5) is 5.69 Å². The summed E-state index contributed by atoms with van der Waals surface area (Å²) in [6.07, 6.45) is 3.40. The molecule has 0 fully saturated rings. The summed E-state index contributed by atoms with van der Waals surface area (Å²) < 4.78 is 0. The quantitative estimate of drug-likeness (QED) is 0.379. The zero-order valence-corrected chi connectivity index (χ0v) is 11.4. The maximum atomic E-state index is 12.6. The van der Waals surface area contributed by atoms with E-state index in [9.17, 15) is 4.79 Å². The second-order valence-electron chi connectivity index (χ2n) is 4.38. The van der Waals surface area contributed by atoms with Crippen LogP contribution >= 0.6 is 0 Å². The van der Waals surface area contributed by atoms with Gasteiger partial charge in [-0.25, -0.2) is 0 Å². The number of nitrogens with two attached hydrogens (primary N) is 1. The number of amidine groups is 1. The number of pyridine rings is 1. The van der Waals surface area contributed by atoms with E-state index in [1.807, 2.05) is 30.3 Å². The summed E-state index contributed by atoms with van der Waals surface area (Å²) in [6.45, 7) is 0.313. The average Bonchev–Trinajstić information content (AvgIpc) is 2.56. The van der Waals surface area contributed by atoms with Crippen LogP contribution in [0.5, 0.6) is 0 Å². The van der Waals surface area contributed by atoms with Gasteiger partial charge in [-0.3, -0.25) is 9.78 Å². The predicted molar refractivity (Wildman–Crippen MR) is 80.4 cm³/mol. The molecule has 0 atom stereocenters. The zero-order valence-electron chi connectivity index (χ0n) is 11.4. The Bertz CT molecular complexity index is 614. The van der Waals surface area contributed by atoms with E-state index in [0.717, 1.165) is 5.69 Å². The van der Waals surface area contributed by atoms with Crippen molar-refractivity contribution >= 4 is 17.4 Å². The minimum absolute atomic E-state index is 0.0786. The van der Waals surface area contributed by atoms with Crippen LogP contribution in [0.2, 0.25) is 0 Å². The van der Waals surface area contributed by atoms with Gasteiger partial charge in [0.05, 0.1) is 5.56 Å². The van der Waals surface area contributed by atoms with Crippen LogP contribution in [-0.2, 0) is 0 Å². The van der Waals surface area contributed by atoms with Crippen LogP contribution in [0, 0.1) is 0 Å². The van der Waals surface area contributed by atoms with Crippen molar-refractivity contribution in [2.24, 2.45) is 10.9 Å². The van der Waals surface area contributed by atoms with Gasteiger partial charge in [0, 0.05) is 31.0 Å². The summed E-state index contributed by atoms with van der Waals surface area (Å²) >= 11 is 0. The average molecular weight is 284 g/mol. The Balaban J connectivity index is 2.25. The van der Waals surface area contributed by atoms with E-state index in [2.05, 4.69) is 10.1 Å². The van der Waals surface area contributed by atoms with E-state index in [4.69, 9.17) is 10.9 Å². The summed E-state index contributed by atoms with van der Waals surface area (Å²) in [5.74, 6) is -0.102. The van der Waals surface area contributed by atoms with Crippen LogP contribution in [0.3, 0.4) is 0 Å². The number of aromatic nitrogens is 1. The van der Waals surface area contributed by atoms with E-state index in [1.165, 1.54) is 6.20 Å². The summed E-state index contributed by atoms with van der Waals surface area (Å²) in [4.78, 5) is 18.1. The van der Waals surface area contributed by atoms with Crippen molar-refractivity contribution in [2.45, 2.75) is 6.42 Å². The van der Waals surface area contributed by atoms with Gasteiger partial charge in [-0.15, -0.1) is 0 Å². The Morgan fingerprint density at radius 3 is 2.62 bits per heavy atom. The molecule has 0 bridgehead atoms. The highest BCUT2D eigenvalue weighted by molar-refractivity contribution is 6.06. The van der Waals surface area contributed by atoms with Crippen molar-refractivity contribution in [3.05, 3.63) is 60.4 Å². The van der Waals surface area contributed by atoms with Crippen molar-refractivity contribution in [1.82, 2.24) is 4.98 Å². The minimum Gasteiger partial charge on any atom is -0.409 e. The molecule has 0 unspecified atom stereocenters. The Labute approximate surface area is 122 Å². The molecule has 6 nitrogen and oxygen atoms in total. The van der Waals surface area contributed by atoms with E-state index >= 15 is 0 Å². The number of amides is 1. The van der Waals surface area contributed by atoms with Gasteiger partial charge in [0.1, 0.15) is 5.84 Å². The first-order chi connectivity index (χ1) is 10.2. The highest BCUT2D eigenvalue weighted by atomic mass is 16.4. The third kappa shape index (κ3) is 3.79. The standard InChI is InChI=1S/C15H16N4O2/c16-14(18-21)8-10-19(13-6-2-1-3-7-13)15(20)12-5-4-9-17-11-12/h1-7,9,11,21H,8,10H2,(H2,16,18). The van der Waals surface area contributed by atoms with Crippen LogP contribution in [0.25, 0.3) is 0 Å². The number of oxime groups is 1. The molecule has 108 valence electrons. The number of carbonyl (C=O) groups is 1. The van der Waals surface area contributed by atoms with Crippen molar-refractivity contribution in [1.29, 1.82) is 0 Å². The number of hydrogen-bond donors (Lipinski definition) is 2. The fraction of sp³-hybridized carbons (Fsp3) is 0.133. The van der Waals surface area contributed by atoms with Gasteiger partial charge in [-0.2, -0.15) is 0 Å². The molecule has 0 aliphatic carbocycles. The Morgan fingerprint density at radius 1 is 1.24 bits per heavy atom. The van der Waals surface area contributed by atoms with Gasteiger partial charge in [-0.05, 0) is 24.3 Å². The van der Waals surface area contributed by atoms with Crippen LogP contribution in [-0.4, -0.2) is 28.5 Å². The molecule has 0 aliphatic rings. The molecule has 0 saturated carbocycles. The number of nitrogens with zero attached hydrogens (tertiary/aromatic N) is 3. The molecule has 2 aromatic rings. The van der Waals surface area contributed by atoms with Gasteiger partial charge in [0.25, 0.3) is 5.91 Å². The second-order valence-corrected chi connectivity index (χ2v) is 4.38. The van der Waals surface area contributed by atoms with Gasteiger partial charge in [0.2, 0.25) is 0 Å². The topological polar surface area (TPSA) is 91.8 Å². The van der Waals surface area contributed by atoms with Crippen LogP contribution in [0.1, 0.15) is 16.8 Å². The number of carbonyl (C=O) groups excluding carboxylic acids is 1. The maximum Gasteiger partial charge on any atom is 0.259 e. The second kappa shape index (κ2) is 7.04. The molecule has 1 amide bonds. The molecular formula is C15H16N4O2. The van der Waals surface area contributed by atoms with Crippen molar-refractivity contribution < 1.29 is 10.0 Å². The molecule has 6 heteroatoms. The van der Waals surface area contributed by atoms with E-state index in [-0.39, 0.29) is 18.2 Å². The van der Waals surface area contributed by atoms with Gasteiger partial charge >= 0.3 is 0 Å². The molecular weight excluding hydrogens is 268 g/mol. The normalized spacial score (nSPS) is 11.1. The number of para-hydroxylation sites is 1. The summed E-state index contributed by atoms with van der Waals surface area (Å²) in [5.41, 5.74) is 6.72. The SMILES string of the molecule is N/C(CCN(C(=O)c1cccnc1)c1ccccc1)=N/O. The number of hydrogen-bond acceptors (Lipinski definition) is 4. The molecule has 0 radical (unpaired) electrons.